The maximum atomic E-state index is 6.00. The Labute approximate surface area is 105 Å². The summed E-state index contributed by atoms with van der Waals surface area (Å²) in [4.78, 5) is 3.41. The molecular weight excluding hydrogens is 230 g/mol. The molecule has 0 aliphatic carbocycles. The smallest absolute Gasteiger partial charge is 0.0465 e. The van der Waals surface area contributed by atoms with Crippen LogP contribution in [-0.4, -0.2) is 4.98 Å². The first kappa shape index (κ1) is 10.4. The van der Waals surface area contributed by atoms with Crippen LogP contribution in [0.4, 0.5) is 0 Å². The van der Waals surface area contributed by atoms with Gasteiger partial charge in [0.1, 0.15) is 0 Å². The van der Waals surface area contributed by atoms with Crippen LogP contribution in [-0.2, 0) is 0 Å². The predicted molar refractivity (Wildman–Crippen MR) is 73.5 cm³/mol. The molecule has 0 saturated heterocycles. The molecule has 0 atom stereocenters. The van der Waals surface area contributed by atoms with Gasteiger partial charge in [-0.05, 0) is 42.8 Å². The maximum absolute atomic E-state index is 6.00. The Hall–Kier alpha value is -1.73. The number of aromatic amines is 1. The van der Waals surface area contributed by atoms with Gasteiger partial charge in [-0.15, -0.1) is 0 Å². The molecule has 0 saturated carbocycles. The Morgan fingerprint density at radius 1 is 1.00 bits per heavy atom. The Bertz CT molecular complexity index is 682. The third-order valence-corrected chi connectivity index (χ3v) is 3.15. The highest BCUT2D eigenvalue weighted by Crippen LogP contribution is 2.26. The van der Waals surface area contributed by atoms with Crippen LogP contribution in [0, 0.1) is 6.92 Å². The first-order chi connectivity index (χ1) is 8.22. The Kier molecular flexibility index (Phi) is 2.41. The lowest BCUT2D eigenvalue weighted by molar-refractivity contribution is 1.44. The summed E-state index contributed by atoms with van der Waals surface area (Å²) in [5, 5.41) is 2.00. The summed E-state index contributed by atoms with van der Waals surface area (Å²) in [6.45, 7) is 2.10. The van der Waals surface area contributed by atoms with Gasteiger partial charge < -0.3 is 4.98 Å². The van der Waals surface area contributed by atoms with E-state index in [0.29, 0.717) is 0 Å². The summed E-state index contributed by atoms with van der Waals surface area (Å²) < 4.78 is 0. The third kappa shape index (κ3) is 1.94. The van der Waals surface area contributed by atoms with E-state index in [1.54, 1.807) is 0 Å². The molecule has 0 aliphatic heterocycles. The van der Waals surface area contributed by atoms with Crippen LogP contribution in [0.5, 0.6) is 0 Å². The van der Waals surface area contributed by atoms with Crippen molar-refractivity contribution in [2.45, 2.75) is 6.92 Å². The number of benzene rings is 2. The summed E-state index contributed by atoms with van der Waals surface area (Å²) in [5.74, 6) is 0. The summed E-state index contributed by atoms with van der Waals surface area (Å²) in [5.41, 5.74) is 4.65. The van der Waals surface area contributed by atoms with E-state index in [0.717, 1.165) is 21.8 Å². The Morgan fingerprint density at radius 3 is 2.71 bits per heavy atom. The van der Waals surface area contributed by atoms with Crippen LogP contribution in [0.2, 0.25) is 5.02 Å². The van der Waals surface area contributed by atoms with Crippen molar-refractivity contribution in [1.82, 2.24) is 4.98 Å². The quantitative estimate of drug-likeness (QED) is 0.630. The minimum absolute atomic E-state index is 0.761. The molecule has 0 spiro atoms. The minimum atomic E-state index is 0.761. The highest BCUT2D eigenvalue weighted by Gasteiger charge is 2.03. The molecule has 1 heterocycles. The Morgan fingerprint density at radius 2 is 1.88 bits per heavy atom. The highest BCUT2D eigenvalue weighted by atomic mass is 35.5. The maximum Gasteiger partial charge on any atom is 0.0465 e. The number of nitrogens with one attached hydrogen (secondary N) is 1. The average molecular weight is 242 g/mol. The second kappa shape index (κ2) is 3.94. The van der Waals surface area contributed by atoms with Gasteiger partial charge in [0.15, 0.2) is 0 Å². The summed E-state index contributed by atoms with van der Waals surface area (Å²) >= 11 is 6.00. The van der Waals surface area contributed by atoms with Gasteiger partial charge in [-0.3, -0.25) is 0 Å². The molecule has 0 fully saturated rings. The van der Waals surface area contributed by atoms with E-state index in [2.05, 4.69) is 42.2 Å². The number of hydrogen-bond donors (Lipinski definition) is 1. The molecule has 0 radical (unpaired) electrons. The zero-order valence-electron chi connectivity index (χ0n) is 9.50. The molecule has 1 nitrogen and oxygen atoms in total. The third-order valence-electron chi connectivity index (χ3n) is 2.91. The molecule has 3 rings (SSSR count). The number of H-pyrrole nitrogens is 1. The number of aromatic nitrogens is 1. The monoisotopic (exact) mass is 241 g/mol. The van der Waals surface area contributed by atoms with Gasteiger partial charge in [0.25, 0.3) is 0 Å². The normalized spacial score (nSPS) is 10.9. The second-order valence-electron chi connectivity index (χ2n) is 4.28. The van der Waals surface area contributed by atoms with Crippen molar-refractivity contribution in [1.29, 1.82) is 0 Å². The number of rotatable bonds is 1. The molecule has 2 heteroatoms. The fraction of sp³-hybridized carbons (Fsp3) is 0.0667. The molecular formula is C15H12ClN. The molecule has 84 valence electrons. The van der Waals surface area contributed by atoms with Crippen LogP contribution in [0.15, 0.2) is 48.5 Å². The predicted octanol–water partition coefficient (Wildman–Crippen LogP) is 4.80. The number of aryl methyl sites for hydroxylation is 1. The first-order valence-electron chi connectivity index (χ1n) is 5.58. The largest absolute Gasteiger partial charge is 0.355 e. The molecule has 17 heavy (non-hydrogen) atoms. The van der Waals surface area contributed by atoms with Crippen LogP contribution < -0.4 is 0 Å². The number of halogens is 1. The molecule has 1 aromatic heterocycles. The fourth-order valence-electron chi connectivity index (χ4n) is 2.06. The van der Waals surface area contributed by atoms with E-state index in [-0.39, 0.29) is 0 Å². The van der Waals surface area contributed by atoms with Crippen molar-refractivity contribution < 1.29 is 0 Å². The number of fused-ring (bicyclic) bond motifs is 1. The fourth-order valence-corrected chi connectivity index (χ4v) is 2.25. The lowest BCUT2D eigenvalue weighted by atomic mass is 10.1. The second-order valence-corrected chi connectivity index (χ2v) is 4.72. The standard InChI is InChI=1S/C15H12ClN/c1-10-5-6-14-12(7-10)9-15(17-14)11-3-2-4-13(16)8-11/h2-9,17H,1H3. The van der Waals surface area contributed by atoms with Crippen molar-refractivity contribution >= 4 is 22.5 Å². The SMILES string of the molecule is Cc1ccc2[nH]c(-c3cccc(Cl)c3)cc2c1. The summed E-state index contributed by atoms with van der Waals surface area (Å²) in [6.07, 6.45) is 0. The van der Waals surface area contributed by atoms with E-state index in [1.165, 1.54) is 10.9 Å². The van der Waals surface area contributed by atoms with Crippen molar-refractivity contribution in [2.24, 2.45) is 0 Å². The van der Waals surface area contributed by atoms with Gasteiger partial charge in [0.05, 0.1) is 0 Å². The lowest BCUT2D eigenvalue weighted by Gasteiger charge is -1.97. The summed E-state index contributed by atoms with van der Waals surface area (Å²) in [7, 11) is 0. The van der Waals surface area contributed by atoms with Crippen LogP contribution in [0.1, 0.15) is 5.56 Å². The zero-order chi connectivity index (χ0) is 11.8. The van der Waals surface area contributed by atoms with E-state index in [4.69, 9.17) is 11.6 Å². The number of hydrogen-bond acceptors (Lipinski definition) is 0. The molecule has 0 aliphatic rings. The van der Waals surface area contributed by atoms with Gasteiger partial charge >= 0.3 is 0 Å². The zero-order valence-corrected chi connectivity index (χ0v) is 10.3. The van der Waals surface area contributed by atoms with Gasteiger partial charge in [-0.25, -0.2) is 0 Å². The summed E-state index contributed by atoms with van der Waals surface area (Å²) in [6, 6.07) is 16.4. The molecule has 0 unspecified atom stereocenters. The van der Waals surface area contributed by atoms with Gasteiger partial charge in [0.2, 0.25) is 0 Å². The highest BCUT2D eigenvalue weighted by molar-refractivity contribution is 6.30. The Balaban J connectivity index is 2.18. The lowest BCUT2D eigenvalue weighted by Crippen LogP contribution is -1.76. The van der Waals surface area contributed by atoms with E-state index in [9.17, 15) is 0 Å². The van der Waals surface area contributed by atoms with Gasteiger partial charge in [-0.2, -0.15) is 0 Å². The topological polar surface area (TPSA) is 15.8 Å². The van der Waals surface area contributed by atoms with E-state index < -0.39 is 0 Å². The van der Waals surface area contributed by atoms with Gasteiger partial charge in [0, 0.05) is 21.6 Å². The van der Waals surface area contributed by atoms with Crippen LogP contribution in [0.3, 0.4) is 0 Å². The molecule has 1 N–H and O–H groups in total. The average Bonchev–Trinajstić information content (AvgIpc) is 2.72. The molecule has 3 aromatic rings. The first-order valence-corrected chi connectivity index (χ1v) is 5.95. The van der Waals surface area contributed by atoms with Gasteiger partial charge in [-0.1, -0.05) is 35.4 Å². The van der Waals surface area contributed by atoms with Crippen molar-refractivity contribution in [3.05, 3.63) is 59.1 Å². The molecule has 0 bridgehead atoms. The minimum Gasteiger partial charge on any atom is -0.355 e. The van der Waals surface area contributed by atoms with Crippen LogP contribution in [0.25, 0.3) is 22.2 Å². The van der Waals surface area contributed by atoms with Crippen molar-refractivity contribution in [3.8, 4) is 11.3 Å². The van der Waals surface area contributed by atoms with Crippen molar-refractivity contribution in [3.63, 3.8) is 0 Å². The molecule has 2 aromatic carbocycles. The van der Waals surface area contributed by atoms with E-state index in [1.807, 2.05) is 18.2 Å². The molecule has 0 amide bonds. The van der Waals surface area contributed by atoms with Crippen LogP contribution >= 0.6 is 11.6 Å². The van der Waals surface area contributed by atoms with Crippen molar-refractivity contribution in [2.75, 3.05) is 0 Å². The van der Waals surface area contributed by atoms with E-state index >= 15 is 0 Å².